The van der Waals surface area contributed by atoms with Gasteiger partial charge in [-0.05, 0) is 43.6 Å². The first kappa shape index (κ1) is 18.4. The molecule has 1 N–H and O–H groups in total. The van der Waals surface area contributed by atoms with Crippen LogP contribution in [-0.2, 0) is 24.3 Å². The van der Waals surface area contributed by atoms with Crippen LogP contribution in [0.2, 0.25) is 0 Å². The number of oxazole rings is 1. The van der Waals surface area contributed by atoms with E-state index in [9.17, 15) is 4.79 Å². The maximum atomic E-state index is 12.2. The van der Waals surface area contributed by atoms with Crippen LogP contribution in [0.1, 0.15) is 22.6 Å². The molecule has 0 fully saturated rings. The molecule has 5 nitrogen and oxygen atoms in total. The molecule has 0 saturated carbocycles. The topological polar surface area (TPSA) is 58.4 Å². The summed E-state index contributed by atoms with van der Waals surface area (Å²) in [5, 5.41) is 4.93. The van der Waals surface area contributed by atoms with Gasteiger partial charge in [0.2, 0.25) is 11.8 Å². The van der Waals surface area contributed by atoms with E-state index in [4.69, 9.17) is 4.42 Å². The van der Waals surface area contributed by atoms with Gasteiger partial charge in [-0.25, -0.2) is 4.98 Å². The van der Waals surface area contributed by atoms with Gasteiger partial charge in [0, 0.05) is 13.1 Å². The van der Waals surface area contributed by atoms with E-state index in [1.807, 2.05) is 38.5 Å². The third-order valence-corrected chi connectivity index (χ3v) is 4.82. The lowest BCUT2D eigenvalue weighted by molar-refractivity contribution is -0.120. The fraction of sp³-hybridized carbons (Fsp3) is 0.300. The number of aromatic nitrogens is 1. The van der Waals surface area contributed by atoms with Gasteiger partial charge in [0.15, 0.2) is 0 Å². The highest BCUT2D eigenvalue weighted by molar-refractivity contribution is 7.13. The fourth-order valence-corrected chi connectivity index (χ4v) is 3.29. The molecule has 1 amide bonds. The van der Waals surface area contributed by atoms with Gasteiger partial charge in [0.1, 0.15) is 5.76 Å². The van der Waals surface area contributed by atoms with Gasteiger partial charge in [0.25, 0.3) is 0 Å². The molecule has 1 aromatic carbocycles. The highest BCUT2D eigenvalue weighted by Gasteiger charge is 2.15. The van der Waals surface area contributed by atoms with E-state index < -0.39 is 0 Å². The van der Waals surface area contributed by atoms with Crippen LogP contribution < -0.4 is 5.32 Å². The standard InChI is InChI=1S/C20H23N3O2S/c1-14-17(22-20(25-14)18-5-4-10-26-18)11-19(24)21-12-15-6-8-16(9-7-15)13-23(2)3/h4-10H,11-13H2,1-3H3,(H,21,24). The number of thiophene rings is 1. The van der Waals surface area contributed by atoms with Crippen LogP contribution in [0.5, 0.6) is 0 Å². The summed E-state index contributed by atoms with van der Waals surface area (Å²) >= 11 is 1.57. The van der Waals surface area contributed by atoms with Crippen LogP contribution in [0.3, 0.4) is 0 Å². The van der Waals surface area contributed by atoms with Gasteiger partial charge in [0.05, 0.1) is 17.0 Å². The Hall–Kier alpha value is -2.44. The molecule has 136 valence electrons. The first-order valence-electron chi connectivity index (χ1n) is 8.50. The maximum Gasteiger partial charge on any atom is 0.236 e. The minimum Gasteiger partial charge on any atom is -0.440 e. The average molecular weight is 369 g/mol. The number of hydrogen-bond donors (Lipinski definition) is 1. The van der Waals surface area contributed by atoms with Crippen molar-refractivity contribution in [1.82, 2.24) is 15.2 Å². The van der Waals surface area contributed by atoms with Gasteiger partial charge in [-0.1, -0.05) is 30.3 Å². The Morgan fingerprint density at radius 2 is 1.92 bits per heavy atom. The Kier molecular flexibility index (Phi) is 5.85. The Balaban J connectivity index is 1.54. The van der Waals surface area contributed by atoms with Crippen molar-refractivity contribution in [2.75, 3.05) is 14.1 Å². The zero-order valence-electron chi connectivity index (χ0n) is 15.3. The highest BCUT2D eigenvalue weighted by Crippen LogP contribution is 2.26. The van der Waals surface area contributed by atoms with Crippen LogP contribution in [-0.4, -0.2) is 29.9 Å². The summed E-state index contributed by atoms with van der Waals surface area (Å²) in [6.07, 6.45) is 0.222. The van der Waals surface area contributed by atoms with Gasteiger partial charge in [-0.2, -0.15) is 0 Å². The van der Waals surface area contributed by atoms with E-state index in [0.29, 0.717) is 23.9 Å². The second-order valence-corrected chi connectivity index (χ2v) is 7.45. The van der Waals surface area contributed by atoms with Crippen LogP contribution in [0, 0.1) is 6.92 Å². The quantitative estimate of drug-likeness (QED) is 0.691. The van der Waals surface area contributed by atoms with Crippen molar-refractivity contribution in [3.8, 4) is 10.8 Å². The van der Waals surface area contributed by atoms with Crippen LogP contribution >= 0.6 is 11.3 Å². The summed E-state index contributed by atoms with van der Waals surface area (Å²) in [6, 6.07) is 12.2. The molecule has 0 aliphatic heterocycles. The Morgan fingerprint density at radius 1 is 1.19 bits per heavy atom. The fourth-order valence-electron chi connectivity index (χ4n) is 2.64. The van der Waals surface area contributed by atoms with E-state index in [1.54, 1.807) is 11.3 Å². The normalized spacial score (nSPS) is 11.1. The Bertz CT molecular complexity index is 852. The first-order valence-corrected chi connectivity index (χ1v) is 9.38. The number of carbonyl (C=O) groups is 1. The minimum atomic E-state index is -0.0588. The summed E-state index contributed by atoms with van der Waals surface area (Å²) in [4.78, 5) is 19.8. The second kappa shape index (κ2) is 8.29. The second-order valence-electron chi connectivity index (χ2n) is 6.51. The first-order chi connectivity index (χ1) is 12.5. The average Bonchev–Trinajstić information content (AvgIpc) is 3.24. The monoisotopic (exact) mass is 369 g/mol. The predicted octanol–water partition coefficient (Wildman–Crippen LogP) is 3.63. The van der Waals surface area contributed by atoms with Crippen molar-refractivity contribution >= 4 is 17.2 Å². The van der Waals surface area contributed by atoms with E-state index >= 15 is 0 Å². The number of carbonyl (C=O) groups excluding carboxylic acids is 1. The van der Waals surface area contributed by atoms with Crippen LogP contribution in [0.4, 0.5) is 0 Å². The third-order valence-electron chi connectivity index (χ3n) is 3.96. The van der Waals surface area contributed by atoms with Crippen molar-refractivity contribution in [3.63, 3.8) is 0 Å². The predicted molar refractivity (Wildman–Crippen MR) is 104 cm³/mol. The molecule has 2 heterocycles. The van der Waals surface area contributed by atoms with E-state index in [0.717, 1.165) is 17.0 Å². The molecule has 0 aliphatic rings. The van der Waals surface area contributed by atoms with E-state index in [-0.39, 0.29) is 12.3 Å². The molecule has 0 bridgehead atoms. The molecular weight excluding hydrogens is 346 g/mol. The number of aryl methyl sites for hydroxylation is 1. The van der Waals surface area contributed by atoms with Gasteiger partial charge >= 0.3 is 0 Å². The van der Waals surface area contributed by atoms with E-state index in [2.05, 4.69) is 39.5 Å². The number of rotatable bonds is 7. The smallest absolute Gasteiger partial charge is 0.236 e. The molecule has 26 heavy (non-hydrogen) atoms. The molecule has 0 saturated heterocycles. The van der Waals surface area contributed by atoms with Crippen LogP contribution in [0.25, 0.3) is 10.8 Å². The Morgan fingerprint density at radius 3 is 2.58 bits per heavy atom. The molecule has 6 heteroatoms. The van der Waals surface area contributed by atoms with Gasteiger partial charge < -0.3 is 14.6 Å². The zero-order chi connectivity index (χ0) is 18.5. The highest BCUT2D eigenvalue weighted by atomic mass is 32.1. The molecule has 0 radical (unpaired) electrons. The number of benzene rings is 1. The number of nitrogens with one attached hydrogen (secondary N) is 1. The molecule has 0 unspecified atom stereocenters. The van der Waals surface area contributed by atoms with Crippen LogP contribution in [0.15, 0.2) is 46.2 Å². The van der Waals surface area contributed by atoms with E-state index in [1.165, 1.54) is 5.56 Å². The third kappa shape index (κ3) is 4.80. The Labute approximate surface area is 157 Å². The van der Waals surface area contributed by atoms with Crippen molar-refractivity contribution in [1.29, 1.82) is 0 Å². The van der Waals surface area contributed by atoms with Crippen molar-refractivity contribution in [3.05, 3.63) is 64.4 Å². The maximum absolute atomic E-state index is 12.2. The summed E-state index contributed by atoms with van der Waals surface area (Å²) in [6.45, 7) is 3.26. The zero-order valence-corrected chi connectivity index (χ0v) is 16.1. The van der Waals surface area contributed by atoms with Gasteiger partial charge in [-0.15, -0.1) is 11.3 Å². The number of nitrogens with zero attached hydrogens (tertiary/aromatic N) is 2. The van der Waals surface area contributed by atoms with Crippen molar-refractivity contribution in [2.24, 2.45) is 0 Å². The SMILES string of the molecule is Cc1oc(-c2cccs2)nc1CC(=O)NCc1ccc(CN(C)C)cc1. The summed E-state index contributed by atoms with van der Waals surface area (Å²) in [5.74, 6) is 1.21. The number of amides is 1. The summed E-state index contributed by atoms with van der Waals surface area (Å²) in [5.41, 5.74) is 3.02. The lowest BCUT2D eigenvalue weighted by atomic mass is 10.1. The van der Waals surface area contributed by atoms with Crippen molar-refractivity contribution < 1.29 is 9.21 Å². The minimum absolute atomic E-state index is 0.0588. The molecule has 0 atom stereocenters. The molecule has 3 aromatic rings. The molecule has 2 aromatic heterocycles. The molecule has 0 spiro atoms. The molecule has 3 rings (SSSR count). The lowest BCUT2D eigenvalue weighted by Crippen LogP contribution is -2.25. The summed E-state index contributed by atoms with van der Waals surface area (Å²) < 4.78 is 5.68. The van der Waals surface area contributed by atoms with Gasteiger partial charge in [-0.3, -0.25) is 4.79 Å². The number of hydrogen-bond acceptors (Lipinski definition) is 5. The molecule has 0 aliphatic carbocycles. The molecular formula is C20H23N3O2S. The summed E-state index contributed by atoms with van der Waals surface area (Å²) in [7, 11) is 4.09. The van der Waals surface area contributed by atoms with Crippen molar-refractivity contribution in [2.45, 2.75) is 26.4 Å². The largest absolute Gasteiger partial charge is 0.440 e. The lowest BCUT2D eigenvalue weighted by Gasteiger charge is -2.10.